The van der Waals surface area contributed by atoms with Crippen LogP contribution >= 0.6 is 11.6 Å². The van der Waals surface area contributed by atoms with Crippen LogP contribution in [0.25, 0.3) is 0 Å². The van der Waals surface area contributed by atoms with E-state index in [0.29, 0.717) is 23.2 Å². The molecule has 5 heteroatoms. The van der Waals surface area contributed by atoms with Crippen molar-refractivity contribution < 1.29 is 4.79 Å². The summed E-state index contributed by atoms with van der Waals surface area (Å²) < 4.78 is 1.95. The van der Waals surface area contributed by atoms with Crippen LogP contribution in [-0.4, -0.2) is 34.5 Å². The summed E-state index contributed by atoms with van der Waals surface area (Å²) in [5.74, 6) is 0.740. The molecule has 2 atom stereocenters. The third-order valence-corrected chi connectivity index (χ3v) is 4.73. The monoisotopic (exact) mass is 311 g/mol. The van der Waals surface area contributed by atoms with Crippen molar-refractivity contribution in [3.63, 3.8) is 0 Å². The van der Waals surface area contributed by atoms with Crippen LogP contribution in [0.3, 0.4) is 0 Å². The largest absolute Gasteiger partial charge is 0.339 e. The molecule has 118 valence electrons. The average Bonchev–Trinajstić information content (AvgIpc) is 2.88. The fourth-order valence-corrected chi connectivity index (χ4v) is 3.40. The Morgan fingerprint density at radius 3 is 2.81 bits per heavy atom. The molecule has 1 amide bonds. The van der Waals surface area contributed by atoms with Gasteiger partial charge in [-0.2, -0.15) is 0 Å². The maximum Gasteiger partial charge on any atom is 0.270 e. The van der Waals surface area contributed by atoms with Gasteiger partial charge in [-0.25, -0.2) is 0 Å². The summed E-state index contributed by atoms with van der Waals surface area (Å²) in [6, 6.07) is 2.12. The molecule has 1 aliphatic heterocycles. The fourth-order valence-electron chi connectivity index (χ4n) is 3.19. The molecule has 2 unspecified atom stereocenters. The second kappa shape index (κ2) is 6.84. The quantitative estimate of drug-likeness (QED) is 0.927. The fraction of sp³-hybridized carbons (Fsp3) is 0.688. The Balaban J connectivity index is 2.23. The number of carbonyl (C=O) groups is 1. The van der Waals surface area contributed by atoms with Crippen molar-refractivity contribution in [1.29, 1.82) is 0 Å². The normalized spacial score (nSPS) is 22.9. The third kappa shape index (κ3) is 3.43. The van der Waals surface area contributed by atoms with Crippen LogP contribution in [0.1, 0.15) is 56.6 Å². The Morgan fingerprint density at radius 1 is 1.52 bits per heavy atom. The molecular weight excluding hydrogens is 286 g/mol. The number of hydrogen-bond donors (Lipinski definition) is 1. The number of nitrogens with zero attached hydrogens (tertiary/aromatic N) is 2. The number of halogens is 1. The lowest BCUT2D eigenvalue weighted by Gasteiger charge is -2.39. The first-order chi connectivity index (χ1) is 9.97. The van der Waals surface area contributed by atoms with E-state index in [1.54, 1.807) is 6.07 Å². The first-order valence-corrected chi connectivity index (χ1v) is 8.24. The van der Waals surface area contributed by atoms with E-state index in [-0.39, 0.29) is 18.0 Å². The minimum absolute atomic E-state index is 0.0561. The number of piperidine rings is 1. The number of nitrogens with two attached hydrogens (primary N) is 1. The van der Waals surface area contributed by atoms with E-state index in [1.807, 2.05) is 15.7 Å². The first-order valence-electron chi connectivity index (χ1n) is 7.86. The molecule has 1 fully saturated rings. The van der Waals surface area contributed by atoms with Gasteiger partial charge in [-0.1, -0.05) is 24.9 Å². The Kier molecular flexibility index (Phi) is 5.33. The molecule has 0 aliphatic carbocycles. The highest BCUT2D eigenvalue weighted by Gasteiger charge is 2.32. The topological polar surface area (TPSA) is 51.3 Å². The molecule has 1 aliphatic rings. The number of hydrogen-bond acceptors (Lipinski definition) is 2. The van der Waals surface area contributed by atoms with Crippen LogP contribution in [0.2, 0.25) is 5.02 Å². The van der Waals surface area contributed by atoms with E-state index >= 15 is 0 Å². The van der Waals surface area contributed by atoms with Crippen molar-refractivity contribution in [3.05, 3.63) is 23.0 Å². The van der Waals surface area contributed by atoms with Crippen LogP contribution in [0.5, 0.6) is 0 Å². The van der Waals surface area contributed by atoms with E-state index in [0.717, 1.165) is 25.8 Å². The number of likely N-dealkylation sites (tertiary alicyclic amines) is 1. The molecule has 2 N–H and O–H groups in total. The molecule has 0 bridgehead atoms. The van der Waals surface area contributed by atoms with Gasteiger partial charge in [0.1, 0.15) is 5.69 Å². The SMILES string of the molecule is CCC1CCN(C(=O)c2cc(Cl)cn2C(C)C)C(CN)C1. The van der Waals surface area contributed by atoms with E-state index < -0.39 is 0 Å². The lowest BCUT2D eigenvalue weighted by molar-refractivity contribution is 0.0546. The van der Waals surface area contributed by atoms with Crippen LogP contribution in [0.15, 0.2) is 12.3 Å². The molecule has 0 aromatic carbocycles. The van der Waals surface area contributed by atoms with Crippen molar-refractivity contribution in [3.8, 4) is 0 Å². The Morgan fingerprint density at radius 2 is 2.24 bits per heavy atom. The number of amides is 1. The molecular formula is C16H26ClN3O. The summed E-state index contributed by atoms with van der Waals surface area (Å²) in [4.78, 5) is 14.8. The minimum Gasteiger partial charge on any atom is -0.339 e. The van der Waals surface area contributed by atoms with Gasteiger partial charge in [0.25, 0.3) is 5.91 Å². The van der Waals surface area contributed by atoms with Crippen molar-refractivity contribution in [2.75, 3.05) is 13.1 Å². The van der Waals surface area contributed by atoms with Gasteiger partial charge in [-0.05, 0) is 38.7 Å². The predicted octanol–water partition coefficient (Wildman–Crippen LogP) is 3.31. The number of rotatable bonds is 4. The van der Waals surface area contributed by atoms with E-state index in [9.17, 15) is 4.79 Å². The molecule has 1 saturated heterocycles. The summed E-state index contributed by atoms with van der Waals surface area (Å²) in [5.41, 5.74) is 6.57. The predicted molar refractivity (Wildman–Crippen MR) is 86.7 cm³/mol. The summed E-state index contributed by atoms with van der Waals surface area (Å²) in [7, 11) is 0. The molecule has 0 spiro atoms. The zero-order valence-electron chi connectivity index (χ0n) is 13.2. The summed E-state index contributed by atoms with van der Waals surface area (Å²) >= 11 is 6.09. The summed E-state index contributed by atoms with van der Waals surface area (Å²) in [6.07, 6.45) is 5.06. The van der Waals surface area contributed by atoms with Gasteiger partial charge in [-0.3, -0.25) is 4.79 Å². The molecule has 1 aromatic heterocycles. The van der Waals surface area contributed by atoms with Gasteiger partial charge in [0.05, 0.1) is 5.02 Å². The van der Waals surface area contributed by atoms with Gasteiger partial charge < -0.3 is 15.2 Å². The molecule has 0 saturated carbocycles. The molecule has 4 nitrogen and oxygen atoms in total. The Bertz CT molecular complexity index is 498. The Hall–Kier alpha value is -1.00. The van der Waals surface area contributed by atoms with Gasteiger partial charge in [-0.15, -0.1) is 0 Å². The van der Waals surface area contributed by atoms with Crippen molar-refractivity contribution in [2.24, 2.45) is 11.7 Å². The molecule has 2 rings (SSSR count). The second-order valence-electron chi connectivity index (χ2n) is 6.23. The highest BCUT2D eigenvalue weighted by molar-refractivity contribution is 6.31. The van der Waals surface area contributed by atoms with Crippen LogP contribution < -0.4 is 5.73 Å². The van der Waals surface area contributed by atoms with Crippen LogP contribution in [0, 0.1) is 5.92 Å². The molecule has 1 aromatic rings. The number of aromatic nitrogens is 1. The lowest BCUT2D eigenvalue weighted by atomic mass is 9.88. The van der Waals surface area contributed by atoms with Gasteiger partial charge >= 0.3 is 0 Å². The van der Waals surface area contributed by atoms with E-state index in [2.05, 4.69) is 20.8 Å². The van der Waals surface area contributed by atoms with Gasteiger partial charge in [0.2, 0.25) is 0 Å². The smallest absolute Gasteiger partial charge is 0.270 e. The zero-order valence-corrected chi connectivity index (χ0v) is 13.9. The zero-order chi connectivity index (χ0) is 15.6. The van der Waals surface area contributed by atoms with Crippen LogP contribution in [-0.2, 0) is 0 Å². The first kappa shape index (κ1) is 16.4. The van der Waals surface area contributed by atoms with E-state index in [4.69, 9.17) is 17.3 Å². The maximum atomic E-state index is 12.9. The van der Waals surface area contributed by atoms with E-state index in [1.165, 1.54) is 0 Å². The van der Waals surface area contributed by atoms with Crippen molar-refractivity contribution in [2.45, 2.75) is 52.1 Å². The molecule has 21 heavy (non-hydrogen) atoms. The third-order valence-electron chi connectivity index (χ3n) is 4.53. The van der Waals surface area contributed by atoms with Crippen molar-refractivity contribution in [1.82, 2.24) is 9.47 Å². The standard InChI is InChI=1S/C16H26ClN3O/c1-4-12-5-6-19(14(7-12)9-18)16(21)15-8-13(17)10-20(15)11(2)3/h8,10-12,14H,4-7,9,18H2,1-3H3. The average molecular weight is 312 g/mol. The van der Waals surface area contributed by atoms with Crippen molar-refractivity contribution >= 4 is 17.5 Å². The summed E-state index contributed by atoms with van der Waals surface area (Å²) in [6.45, 7) is 7.63. The second-order valence-corrected chi connectivity index (χ2v) is 6.67. The maximum absolute atomic E-state index is 12.9. The minimum atomic E-state index is 0.0561. The highest BCUT2D eigenvalue weighted by Crippen LogP contribution is 2.28. The lowest BCUT2D eigenvalue weighted by Crippen LogP contribution is -2.50. The van der Waals surface area contributed by atoms with Crippen LogP contribution in [0.4, 0.5) is 0 Å². The van der Waals surface area contributed by atoms with Gasteiger partial charge in [0.15, 0.2) is 0 Å². The molecule has 0 radical (unpaired) electrons. The Labute approximate surface area is 132 Å². The highest BCUT2D eigenvalue weighted by atomic mass is 35.5. The van der Waals surface area contributed by atoms with Gasteiger partial charge in [0, 0.05) is 31.4 Å². The summed E-state index contributed by atoms with van der Waals surface area (Å²) in [5, 5.41) is 0.611. The number of carbonyl (C=O) groups excluding carboxylic acids is 1. The molecule has 2 heterocycles.